The van der Waals surface area contributed by atoms with Crippen LogP contribution in [0, 0.1) is 0 Å². The van der Waals surface area contributed by atoms with E-state index in [1.54, 1.807) is 18.2 Å². The molecular weight excluding hydrogens is 688 g/mol. The maximum absolute atomic E-state index is 14.5. The fraction of sp³-hybridized carbons (Fsp3) is 0.219. The summed E-state index contributed by atoms with van der Waals surface area (Å²) in [6.07, 6.45) is -5.45. The number of hydrogen-bond donors (Lipinski definition) is 1. The first-order valence-electron chi connectivity index (χ1n) is 13.3. The molecule has 0 spiro atoms. The van der Waals surface area contributed by atoms with Crippen LogP contribution in [0.4, 0.5) is 13.2 Å². The molecule has 1 unspecified atom stereocenters. The largest absolute Gasteiger partial charge is 0.435 e. The number of hydrogen-bond acceptors (Lipinski definition) is 4. The molecule has 2 aliphatic rings. The van der Waals surface area contributed by atoms with Gasteiger partial charge in [-0.3, -0.25) is 4.90 Å². The zero-order valence-electron chi connectivity index (χ0n) is 22.3. The molecule has 1 N–H and O–H groups in total. The molecular formula is C32H23BrCl3F3N2O2. The quantitative estimate of drug-likeness (QED) is 0.203. The fourth-order valence-corrected chi connectivity index (χ4v) is 7.13. The lowest BCUT2D eigenvalue weighted by Gasteiger charge is -2.51. The normalized spacial score (nSPS) is 20.1. The molecule has 4 aromatic carbocycles. The Kier molecular flexibility index (Phi) is 8.07. The van der Waals surface area contributed by atoms with E-state index in [2.05, 4.69) is 50.3 Å². The Morgan fingerprint density at radius 2 is 1.42 bits per heavy atom. The number of benzene rings is 4. The van der Waals surface area contributed by atoms with Gasteiger partial charge in [-0.25, -0.2) is 0 Å². The summed E-state index contributed by atoms with van der Waals surface area (Å²) in [5, 5.41) is 15.2. The molecule has 222 valence electrons. The highest BCUT2D eigenvalue weighted by atomic mass is 79.9. The molecule has 11 heteroatoms. The van der Waals surface area contributed by atoms with Crippen LogP contribution < -0.4 is 0 Å². The molecule has 2 heterocycles. The molecule has 1 atom stereocenters. The Bertz CT molecular complexity index is 1640. The molecule has 6 rings (SSSR count). The SMILES string of the molecule is OC1(c2ccc(C3=NOC(c4cc(Cl)c(Cl)c(Cl)c4)(C(F)(F)F)C3)cc2Br)CN(C(c2ccccc2)c2ccccc2)C1. The molecule has 0 aliphatic carbocycles. The topological polar surface area (TPSA) is 45.1 Å². The Morgan fingerprint density at radius 1 is 0.860 bits per heavy atom. The maximum Gasteiger partial charge on any atom is 0.435 e. The van der Waals surface area contributed by atoms with Gasteiger partial charge in [-0.05, 0) is 29.3 Å². The Labute approximate surface area is 269 Å². The summed E-state index contributed by atoms with van der Waals surface area (Å²) >= 11 is 21.6. The molecule has 0 aromatic heterocycles. The van der Waals surface area contributed by atoms with Crippen molar-refractivity contribution >= 4 is 56.4 Å². The zero-order valence-corrected chi connectivity index (χ0v) is 26.1. The standard InChI is InChI=1S/C32H23BrCl3F3N2O2/c33-24-13-21(27-16-31(43-40-27,32(37,38)39)22-14-25(34)28(36)26(35)15-22)11-12-23(24)30(42)17-41(18-30)29(19-7-3-1-4-8-19)20-9-5-2-6-10-20/h1-15,29,42H,16-18H2. The van der Waals surface area contributed by atoms with Gasteiger partial charge in [-0.15, -0.1) is 0 Å². The summed E-state index contributed by atoms with van der Waals surface area (Å²) < 4.78 is 44.0. The van der Waals surface area contributed by atoms with Crippen molar-refractivity contribution in [2.24, 2.45) is 5.16 Å². The number of oxime groups is 1. The van der Waals surface area contributed by atoms with Crippen LogP contribution in [-0.4, -0.2) is 35.0 Å². The molecule has 1 saturated heterocycles. The van der Waals surface area contributed by atoms with Crippen molar-refractivity contribution in [3.05, 3.63) is 138 Å². The third kappa shape index (κ3) is 5.47. The van der Waals surface area contributed by atoms with Crippen molar-refractivity contribution in [3.63, 3.8) is 0 Å². The average Bonchev–Trinajstić information content (AvgIpc) is 3.43. The lowest BCUT2D eigenvalue weighted by Crippen LogP contribution is -2.60. The van der Waals surface area contributed by atoms with Gasteiger partial charge in [0.1, 0.15) is 5.60 Å². The van der Waals surface area contributed by atoms with E-state index in [0.29, 0.717) is 28.7 Å². The monoisotopic (exact) mass is 708 g/mol. The number of rotatable bonds is 6. The van der Waals surface area contributed by atoms with Crippen molar-refractivity contribution in [1.29, 1.82) is 0 Å². The number of β-amino-alcohol motifs (C(OH)–C–C–N with tert-alkyl or cyclic N) is 1. The molecule has 0 amide bonds. The van der Waals surface area contributed by atoms with Crippen molar-refractivity contribution < 1.29 is 23.1 Å². The molecule has 0 saturated carbocycles. The fourth-order valence-electron chi connectivity index (χ4n) is 5.78. The van der Waals surface area contributed by atoms with Crippen molar-refractivity contribution in [1.82, 2.24) is 4.90 Å². The summed E-state index contributed by atoms with van der Waals surface area (Å²) in [5.41, 5.74) is -0.904. The van der Waals surface area contributed by atoms with E-state index in [9.17, 15) is 18.3 Å². The smallest absolute Gasteiger partial charge is 0.382 e. The minimum absolute atomic E-state index is 0.0453. The van der Waals surface area contributed by atoms with Crippen molar-refractivity contribution in [2.75, 3.05) is 13.1 Å². The number of nitrogens with zero attached hydrogens (tertiary/aromatic N) is 2. The molecule has 43 heavy (non-hydrogen) atoms. The lowest BCUT2D eigenvalue weighted by molar-refractivity contribution is -0.275. The van der Waals surface area contributed by atoms with Crippen LogP contribution in [0.3, 0.4) is 0 Å². The van der Waals surface area contributed by atoms with Gasteiger partial charge < -0.3 is 9.94 Å². The van der Waals surface area contributed by atoms with Crippen LogP contribution in [-0.2, 0) is 16.0 Å². The number of likely N-dealkylation sites (tertiary alicyclic amines) is 1. The second-order valence-corrected chi connectivity index (χ2v) is 12.8. The molecule has 1 fully saturated rings. The zero-order chi connectivity index (χ0) is 30.6. The predicted molar refractivity (Wildman–Crippen MR) is 166 cm³/mol. The van der Waals surface area contributed by atoms with Crippen molar-refractivity contribution in [2.45, 2.75) is 29.8 Å². The average molecular weight is 711 g/mol. The van der Waals surface area contributed by atoms with Gasteiger partial charge >= 0.3 is 6.18 Å². The van der Waals surface area contributed by atoms with Gasteiger partial charge in [0.25, 0.3) is 5.60 Å². The van der Waals surface area contributed by atoms with E-state index < -0.39 is 23.8 Å². The lowest BCUT2D eigenvalue weighted by atomic mass is 9.81. The second-order valence-electron chi connectivity index (χ2n) is 10.7. The van der Waals surface area contributed by atoms with Crippen LogP contribution in [0.25, 0.3) is 0 Å². The highest BCUT2D eigenvalue weighted by molar-refractivity contribution is 9.10. The highest BCUT2D eigenvalue weighted by Gasteiger charge is 2.62. The van der Waals surface area contributed by atoms with E-state index in [4.69, 9.17) is 39.6 Å². The Hall–Kier alpha value is -2.59. The summed E-state index contributed by atoms with van der Waals surface area (Å²) in [5.74, 6) is 0. The summed E-state index contributed by atoms with van der Waals surface area (Å²) in [6.45, 7) is 0.720. The van der Waals surface area contributed by atoms with Gasteiger partial charge in [0.2, 0.25) is 0 Å². The van der Waals surface area contributed by atoms with Crippen molar-refractivity contribution in [3.8, 4) is 0 Å². The van der Waals surface area contributed by atoms with Crippen LogP contribution in [0.5, 0.6) is 0 Å². The van der Waals surface area contributed by atoms with Crippen LogP contribution >= 0.6 is 50.7 Å². The van der Waals surface area contributed by atoms with Crippen LogP contribution in [0.1, 0.15) is 40.3 Å². The Morgan fingerprint density at radius 3 is 1.93 bits per heavy atom. The second kappa shape index (κ2) is 11.4. The van der Waals surface area contributed by atoms with E-state index >= 15 is 0 Å². The first-order chi connectivity index (χ1) is 20.4. The molecule has 4 nitrogen and oxygen atoms in total. The van der Waals surface area contributed by atoms with Gasteiger partial charge in [0, 0.05) is 40.7 Å². The van der Waals surface area contributed by atoms with E-state index in [-0.39, 0.29) is 32.4 Å². The third-order valence-corrected chi connectivity index (χ3v) is 9.82. The molecule has 0 radical (unpaired) electrons. The van der Waals surface area contributed by atoms with Gasteiger partial charge in [-0.2, -0.15) is 13.2 Å². The van der Waals surface area contributed by atoms with Crippen LogP contribution in [0.15, 0.2) is 101 Å². The number of halogens is 7. The van der Waals surface area contributed by atoms with Crippen LogP contribution in [0.2, 0.25) is 15.1 Å². The first-order valence-corrected chi connectivity index (χ1v) is 15.2. The number of alkyl halides is 3. The maximum atomic E-state index is 14.5. The molecule has 4 aromatic rings. The summed E-state index contributed by atoms with van der Waals surface area (Å²) in [7, 11) is 0. The molecule has 0 bridgehead atoms. The number of aliphatic hydroxyl groups is 1. The van der Waals surface area contributed by atoms with E-state index in [0.717, 1.165) is 23.3 Å². The summed E-state index contributed by atoms with van der Waals surface area (Å²) in [4.78, 5) is 7.33. The highest BCUT2D eigenvalue weighted by Crippen LogP contribution is 2.51. The third-order valence-electron chi connectivity index (χ3n) is 7.96. The minimum atomic E-state index is -4.84. The molecule has 2 aliphatic heterocycles. The first kappa shape index (κ1) is 30.4. The minimum Gasteiger partial charge on any atom is -0.382 e. The summed E-state index contributed by atoms with van der Waals surface area (Å²) in [6, 6.07) is 27.3. The van der Waals surface area contributed by atoms with Gasteiger partial charge in [0.05, 0.1) is 26.8 Å². The van der Waals surface area contributed by atoms with Gasteiger partial charge in [-0.1, -0.05) is 129 Å². The van der Waals surface area contributed by atoms with Gasteiger partial charge in [0.15, 0.2) is 0 Å². The van der Waals surface area contributed by atoms with E-state index in [1.807, 2.05) is 36.4 Å². The Balaban J connectivity index is 1.24. The van der Waals surface area contributed by atoms with E-state index in [1.165, 1.54) is 0 Å². The predicted octanol–water partition coefficient (Wildman–Crippen LogP) is 9.28.